The van der Waals surface area contributed by atoms with Crippen molar-refractivity contribution in [3.8, 4) is 6.07 Å². The van der Waals surface area contributed by atoms with E-state index in [4.69, 9.17) is 15.5 Å². The Morgan fingerprint density at radius 2 is 2.43 bits per heavy atom. The van der Waals surface area contributed by atoms with Crippen LogP contribution in [0.25, 0.3) is 10.4 Å². The van der Waals surface area contributed by atoms with Gasteiger partial charge in [-0.25, -0.2) is 5.48 Å². The van der Waals surface area contributed by atoms with E-state index in [2.05, 4.69) is 21.1 Å². The summed E-state index contributed by atoms with van der Waals surface area (Å²) in [6, 6.07) is 3.22. The molecule has 1 aromatic rings. The van der Waals surface area contributed by atoms with Crippen LogP contribution in [-0.4, -0.2) is 32.2 Å². The fourth-order valence-electron chi connectivity index (χ4n) is 2.68. The summed E-state index contributed by atoms with van der Waals surface area (Å²) in [5, 5.41) is 31.9. The zero-order valence-corrected chi connectivity index (χ0v) is 12.4. The lowest BCUT2D eigenvalue weighted by Crippen LogP contribution is -2.39. The Kier molecular flexibility index (Phi) is 4.26. The zero-order chi connectivity index (χ0) is 17.3. The van der Waals surface area contributed by atoms with Crippen molar-refractivity contribution in [2.45, 2.75) is 25.8 Å². The maximum Gasteiger partial charge on any atom is 0.274 e. The van der Waals surface area contributed by atoms with Gasteiger partial charge in [-0.05, 0) is 12.5 Å². The van der Waals surface area contributed by atoms with E-state index in [9.17, 15) is 15.2 Å². The topological polar surface area (TPSA) is 169 Å². The van der Waals surface area contributed by atoms with Crippen LogP contribution < -0.4 is 11.0 Å². The SMILES string of the molecule is C[C@H]1[C@@](C)(C#N)[C@H](n2ccc(=O)nc2NO)O[C@@]1(CO)N=[N+]=[N-]. The van der Waals surface area contributed by atoms with Crippen molar-refractivity contribution in [1.29, 1.82) is 5.26 Å². The van der Waals surface area contributed by atoms with Crippen LogP contribution in [-0.2, 0) is 4.74 Å². The van der Waals surface area contributed by atoms with Gasteiger partial charge in [-0.2, -0.15) is 10.2 Å². The molecule has 11 nitrogen and oxygen atoms in total. The number of hydrogen-bond donors (Lipinski definition) is 3. The quantitative estimate of drug-likeness (QED) is 0.317. The average Bonchev–Trinajstić information content (AvgIpc) is 2.78. The van der Waals surface area contributed by atoms with E-state index in [0.29, 0.717) is 0 Å². The first kappa shape index (κ1) is 16.7. The molecule has 4 atom stereocenters. The van der Waals surface area contributed by atoms with Crippen molar-refractivity contribution in [3.63, 3.8) is 0 Å². The second-order valence-corrected chi connectivity index (χ2v) is 5.39. The van der Waals surface area contributed by atoms with Gasteiger partial charge in [-0.1, -0.05) is 12.0 Å². The highest BCUT2D eigenvalue weighted by atomic mass is 16.6. The van der Waals surface area contributed by atoms with Gasteiger partial charge in [0.1, 0.15) is 5.41 Å². The molecule has 23 heavy (non-hydrogen) atoms. The van der Waals surface area contributed by atoms with Crippen LogP contribution in [0.4, 0.5) is 5.95 Å². The molecular formula is C12H15N7O4. The number of aromatic nitrogens is 2. The van der Waals surface area contributed by atoms with Crippen LogP contribution in [0, 0.1) is 22.7 Å². The molecule has 0 saturated carbocycles. The molecule has 11 heteroatoms. The van der Waals surface area contributed by atoms with Crippen molar-refractivity contribution < 1.29 is 15.1 Å². The number of nitrogens with zero attached hydrogens (tertiary/aromatic N) is 6. The molecule has 1 aliphatic rings. The maximum atomic E-state index is 11.3. The number of aliphatic hydroxyl groups is 1. The molecule has 1 aliphatic heterocycles. The number of nitriles is 1. The number of aliphatic hydroxyl groups excluding tert-OH is 1. The summed E-state index contributed by atoms with van der Waals surface area (Å²) >= 11 is 0. The van der Waals surface area contributed by atoms with E-state index in [0.717, 1.165) is 6.07 Å². The van der Waals surface area contributed by atoms with Gasteiger partial charge in [0.05, 0.1) is 12.7 Å². The Balaban J connectivity index is 2.65. The van der Waals surface area contributed by atoms with Crippen molar-refractivity contribution in [3.05, 3.63) is 33.1 Å². The molecule has 0 bridgehead atoms. The maximum absolute atomic E-state index is 11.3. The molecule has 122 valence electrons. The van der Waals surface area contributed by atoms with Crippen LogP contribution in [0.2, 0.25) is 0 Å². The van der Waals surface area contributed by atoms with Gasteiger partial charge in [0.25, 0.3) is 5.56 Å². The molecule has 2 heterocycles. The number of rotatable bonds is 4. The van der Waals surface area contributed by atoms with Crippen molar-refractivity contribution in [2.24, 2.45) is 16.4 Å². The molecule has 2 rings (SSSR count). The van der Waals surface area contributed by atoms with Crippen molar-refractivity contribution >= 4 is 5.95 Å². The minimum absolute atomic E-state index is 0.245. The number of hydrogen-bond acceptors (Lipinski definition) is 8. The highest BCUT2D eigenvalue weighted by Gasteiger charge is 2.61. The number of nitrogens with one attached hydrogen (secondary N) is 1. The zero-order valence-electron chi connectivity index (χ0n) is 12.4. The summed E-state index contributed by atoms with van der Waals surface area (Å²) in [6.45, 7) is 2.53. The molecule has 0 radical (unpaired) electrons. The van der Waals surface area contributed by atoms with E-state index in [1.807, 2.05) is 0 Å². The third-order valence-corrected chi connectivity index (χ3v) is 4.28. The van der Waals surface area contributed by atoms with Crippen LogP contribution in [0.15, 0.2) is 22.2 Å². The predicted octanol–water partition coefficient (Wildman–Crippen LogP) is 0.738. The third kappa shape index (κ3) is 2.39. The Labute approximate surface area is 130 Å². The number of azide groups is 1. The van der Waals surface area contributed by atoms with Gasteiger partial charge >= 0.3 is 0 Å². The van der Waals surface area contributed by atoms with Gasteiger partial charge in [0.15, 0.2) is 12.0 Å². The lowest BCUT2D eigenvalue weighted by atomic mass is 9.75. The van der Waals surface area contributed by atoms with Crippen LogP contribution >= 0.6 is 0 Å². The molecular weight excluding hydrogens is 306 g/mol. The van der Waals surface area contributed by atoms with Gasteiger partial charge in [0, 0.05) is 23.1 Å². The third-order valence-electron chi connectivity index (χ3n) is 4.28. The molecule has 0 aliphatic carbocycles. The first-order chi connectivity index (χ1) is 10.9. The van der Waals surface area contributed by atoms with E-state index in [1.54, 1.807) is 19.3 Å². The lowest BCUT2D eigenvalue weighted by Gasteiger charge is -2.29. The average molecular weight is 321 g/mol. The Morgan fingerprint density at radius 1 is 1.74 bits per heavy atom. The molecule has 1 fully saturated rings. The molecule has 0 unspecified atom stereocenters. The second-order valence-electron chi connectivity index (χ2n) is 5.39. The summed E-state index contributed by atoms with van der Waals surface area (Å²) < 4.78 is 6.93. The van der Waals surface area contributed by atoms with E-state index >= 15 is 0 Å². The van der Waals surface area contributed by atoms with Crippen molar-refractivity contribution in [1.82, 2.24) is 9.55 Å². The largest absolute Gasteiger partial charge is 0.393 e. The molecule has 1 aromatic heterocycles. The standard InChI is InChI=1S/C12H15N7O4/c1-7-11(2,5-13)9(23-12(7,6-20)17-18-14)19-4-3-8(21)15-10(19)16-22/h3-4,7,9,20,22H,6H2,1-2H3,(H,15,16,21)/t7-,9+,11+,12+/m0/s1. The van der Waals surface area contributed by atoms with E-state index in [1.165, 1.54) is 10.8 Å². The number of anilines is 1. The minimum Gasteiger partial charge on any atom is -0.393 e. The Bertz CT molecular complexity index is 753. The Morgan fingerprint density at radius 3 is 2.96 bits per heavy atom. The fraction of sp³-hybridized carbons (Fsp3) is 0.583. The van der Waals surface area contributed by atoms with Gasteiger partial charge < -0.3 is 9.84 Å². The molecule has 0 amide bonds. The summed E-state index contributed by atoms with van der Waals surface area (Å²) in [4.78, 5) is 17.6. The monoisotopic (exact) mass is 321 g/mol. The van der Waals surface area contributed by atoms with Crippen molar-refractivity contribution in [2.75, 3.05) is 12.1 Å². The van der Waals surface area contributed by atoms with Crippen LogP contribution in [0.5, 0.6) is 0 Å². The predicted molar refractivity (Wildman–Crippen MR) is 75.9 cm³/mol. The van der Waals surface area contributed by atoms with Gasteiger partial charge in [-0.3, -0.25) is 14.6 Å². The normalized spacial score (nSPS) is 32.8. The fourth-order valence-corrected chi connectivity index (χ4v) is 2.68. The molecule has 3 N–H and O–H groups in total. The Hall–Kier alpha value is -2.64. The first-order valence-corrected chi connectivity index (χ1v) is 6.64. The van der Waals surface area contributed by atoms with Crippen LogP contribution in [0.1, 0.15) is 20.1 Å². The van der Waals surface area contributed by atoms with Crippen LogP contribution in [0.3, 0.4) is 0 Å². The minimum atomic E-state index is -1.65. The first-order valence-electron chi connectivity index (χ1n) is 6.64. The number of ether oxygens (including phenoxy) is 1. The molecule has 0 spiro atoms. The molecule has 1 saturated heterocycles. The van der Waals surface area contributed by atoms with Gasteiger partial charge in [-0.15, -0.1) is 0 Å². The van der Waals surface area contributed by atoms with E-state index < -0.39 is 35.5 Å². The van der Waals surface area contributed by atoms with E-state index in [-0.39, 0.29) is 5.95 Å². The second kappa shape index (κ2) is 5.86. The highest BCUT2D eigenvalue weighted by Crippen LogP contribution is 2.54. The summed E-state index contributed by atoms with van der Waals surface area (Å²) in [5.74, 6) is -0.928. The van der Waals surface area contributed by atoms with Gasteiger partial charge in [0.2, 0.25) is 5.95 Å². The lowest BCUT2D eigenvalue weighted by molar-refractivity contribution is -0.109. The molecule has 0 aromatic carbocycles. The summed E-state index contributed by atoms with van der Waals surface area (Å²) in [7, 11) is 0. The highest BCUT2D eigenvalue weighted by molar-refractivity contribution is 5.25. The summed E-state index contributed by atoms with van der Waals surface area (Å²) in [5.41, 5.74) is 7.02. The smallest absolute Gasteiger partial charge is 0.274 e. The summed E-state index contributed by atoms with van der Waals surface area (Å²) in [6.07, 6.45) is 0.215.